The molecule has 2 heterocycles. The zero-order chi connectivity index (χ0) is 18.7. The van der Waals surface area contributed by atoms with Crippen molar-refractivity contribution in [2.75, 3.05) is 10.2 Å². The van der Waals surface area contributed by atoms with Gasteiger partial charge in [-0.1, -0.05) is 6.07 Å². The number of anilines is 2. The monoisotopic (exact) mass is 352 g/mol. The van der Waals surface area contributed by atoms with E-state index in [1.165, 1.54) is 4.90 Å². The lowest BCUT2D eigenvalue weighted by atomic mass is 10.0. The van der Waals surface area contributed by atoms with Crippen LogP contribution in [0.25, 0.3) is 0 Å². The van der Waals surface area contributed by atoms with Gasteiger partial charge in [0.2, 0.25) is 17.7 Å². The highest BCUT2D eigenvalue weighted by Gasteiger charge is 2.39. The Morgan fingerprint density at radius 3 is 2.58 bits per heavy atom. The molecular weight excluding hydrogens is 332 g/mol. The van der Waals surface area contributed by atoms with Gasteiger partial charge in [-0.15, -0.1) is 12.3 Å². The van der Waals surface area contributed by atoms with E-state index >= 15 is 0 Å². The van der Waals surface area contributed by atoms with Crippen LogP contribution in [0.5, 0.6) is 0 Å². The number of terminal acetylenes is 1. The molecule has 0 aliphatic carbocycles. The minimum absolute atomic E-state index is 0.165. The normalized spacial score (nSPS) is 17.3. The number of aryl methyl sites for hydroxylation is 1. The Morgan fingerprint density at radius 2 is 1.96 bits per heavy atom. The molecule has 2 aliphatic rings. The molecule has 0 aromatic heterocycles. The van der Waals surface area contributed by atoms with E-state index in [0.29, 0.717) is 30.6 Å². The van der Waals surface area contributed by atoms with Crippen molar-refractivity contribution in [1.29, 1.82) is 0 Å². The molecule has 2 aliphatic heterocycles. The smallest absolute Gasteiger partial charge is 0.234 e. The van der Waals surface area contributed by atoms with E-state index < -0.39 is 5.66 Å². The van der Waals surface area contributed by atoms with Gasteiger partial charge < -0.3 is 5.32 Å². The first-order valence-corrected chi connectivity index (χ1v) is 8.58. The molecule has 3 amide bonds. The molecule has 0 bridgehead atoms. The molecule has 1 saturated heterocycles. The fourth-order valence-corrected chi connectivity index (χ4v) is 2.94. The first kappa shape index (κ1) is 17.8. The van der Waals surface area contributed by atoms with E-state index in [9.17, 15) is 14.4 Å². The maximum absolute atomic E-state index is 12.3. The van der Waals surface area contributed by atoms with Crippen molar-refractivity contribution in [2.45, 2.75) is 51.1 Å². The summed E-state index contributed by atoms with van der Waals surface area (Å²) in [6, 6.07) is 5.15. The van der Waals surface area contributed by atoms with E-state index in [0.717, 1.165) is 5.56 Å². The zero-order valence-electron chi connectivity index (χ0n) is 14.6. The summed E-state index contributed by atoms with van der Waals surface area (Å²) in [5.41, 5.74) is 1.43. The molecule has 1 aromatic carbocycles. The van der Waals surface area contributed by atoms with E-state index in [-0.39, 0.29) is 37.0 Å². The van der Waals surface area contributed by atoms with Crippen molar-refractivity contribution in [3.05, 3.63) is 23.8 Å². The van der Waals surface area contributed by atoms with E-state index in [1.54, 1.807) is 18.2 Å². The molecule has 3 rings (SSSR count). The lowest BCUT2D eigenvalue weighted by molar-refractivity contribution is -0.121. The Hall–Kier alpha value is -3.01. The van der Waals surface area contributed by atoms with Gasteiger partial charge in [0.1, 0.15) is 0 Å². The number of benzene rings is 1. The molecule has 0 unspecified atom stereocenters. The van der Waals surface area contributed by atoms with Gasteiger partial charge in [-0.2, -0.15) is 10.2 Å². The summed E-state index contributed by atoms with van der Waals surface area (Å²) in [5, 5.41) is 10.9. The van der Waals surface area contributed by atoms with Gasteiger partial charge in [0.15, 0.2) is 5.66 Å². The van der Waals surface area contributed by atoms with Crippen molar-refractivity contribution < 1.29 is 14.4 Å². The fourth-order valence-electron chi connectivity index (χ4n) is 2.94. The molecule has 1 N–H and O–H groups in total. The quantitative estimate of drug-likeness (QED) is 0.604. The maximum Gasteiger partial charge on any atom is 0.234 e. The highest BCUT2D eigenvalue weighted by Crippen LogP contribution is 2.37. The average Bonchev–Trinajstić information content (AvgIpc) is 3.32. The molecule has 0 radical (unpaired) electrons. The number of carbonyl (C=O) groups excluding carboxylic acids is 3. The van der Waals surface area contributed by atoms with Gasteiger partial charge >= 0.3 is 0 Å². The number of nitrogens with zero attached hydrogens (tertiary/aromatic N) is 3. The van der Waals surface area contributed by atoms with Crippen LogP contribution in [0.4, 0.5) is 11.4 Å². The van der Waals surface area contributed by atoms with Gasteiger partial charge in [-0.05, 0) is 24.6 Å². The molecule has 1 fully saturated rings. The van der Waals surface area contributed by atoms with Crippen LogP contribution in [-0.4, -0.2) is 23.4 Å². The van der Waals surface area contributed by atoms with Gasteiger partial charge in [-0.25, -0.2) is 0 Å². The third-order valence-electron chi connectivity index (χ3n) is 4.61. The predicted octanol–water partition coefficient (Wildman–Crippen LogP) is 2.94. The number of hydrogen-bond acceptors (Lipinski definition) is 5. The van der Waals surface area contributed by atoms with Crippen molar-refractivity contribution in [1.82, 2.24) is 0 Å². The summed E-state index contributed by atoms with van der Waals surface area (Å²) in [6.45, 7) is 1.85. The number of nitrogens with one attached hydrogen (secondary N) is 1. The first-order valence-electron chi connectivity index (χ1n) is 8.58. The largest absolute Gasteiger partial charge is 0.326 e. The van der Waals surface area contributed by atoms with Crippen LogP contribution in [0.15, 0.2) is 28.4 Å². The minimum Gasteiger partial charge on any atom is -0.326 e. The average molecular weight is 352 g/mol. The summed E-state index contributed by atoms with van der Waals surface area (Å²) in [5.74, 6) is 1.96. The van der Waals surface area contributed by atoms with Gasteiger partial charge in [-0.3, -0.25) is 19.3 Å². The van der Waals surface area contributed by atoms with Gasteiger partial charge in [0, 0.05) is 44.2 Å². The molecule has 0 saturated carbocycles. The summed E-state index contributed by atoms with van der Waals surface area (Å²) < 4.78 is 0. The van der Waals surface area contributed by atoms with Crippen molar-refractivity contribution in [3.8, 4) is 12.3 Å². The minimum atomic E-state index is -0.491. The second-order valence-corrected chi connectivity index (χ2v) is 6.56. The highest BCUT2D eigenvalue weighted by molar-refractivity contribution is 6.20. The summed E-state index contributed by atoms with van der Waals surface area (Å²) in [4.78, 5) is 37.2. The standard InChI is InChI=1S/C19H20N4O3/c1-3-4-10-19(21-22-19)11-9-16(24)20-15-12-14(6-5-13(15)2)23-17(25)7-8-18(23)26/h1,5-6,12H,4,7-11H2,2H3,(H,20,24). The van der Waals surface area contributed by atoms with Crippen molar-refractivity contribution >= 4 is 29.1 Å². The Balaban J connectivity index is 1.63. The second kappa shape index (κ2) is 7.08. The Kier molecular flexibility index (Phi) is 4.85. The van der Waals surface area contributed by atoms with Crippen LogP contribution in [0.1, 0.15) is 44.1 Å². The van der Waals surface area contributed by atoms with Crippen molar-refractivity contribution in [2.24, 2.45) is 10.2 Å². The third-order valence-corrected chi connectivity index (χ3v) is 4.61. The van der Waals surface area contributed by atoms with Crippen LogP contribution < -0.4 is 10.2 Å². The van der Waals surface area contributed by atoms with Crippen LogP contribution in [0, 0.1) is 19.3 Å². The molecule has 0 spiro atoms. The Labute approximate surface area is 151 Å². The topological polar surface area (TPSA) is 91.2 Å². The summed E-state index contributed by atoms with van der Waals surface area (Å²) >= 11 is 0. The number of amides is 3. The summed E-state index contributed by atoms with van der Waals surface area (Å²) in [6.07, 6.45) is 7.72. The van der Waals surface area contributed by atoms with Crippen LogP contribution >= 0.6 is 0 Å². The third kappa shape index (κ3) is 3.80. The molecular formula is C19H20N4O3. The Bertz CT molecular complexity index is 816. The number of rotatable bonds is 7. The zero-order valence-corrected chi connectivity index (χ0v) is 14.6. The molecule has 7 heteroatoms. The first-order chi connectivity index (χ1) is 12.4. The van der Waals surface area contributed by atoms with E-state index in [4.69, 9.17) is 6.42 Å². The predicted molar refractivity (Wildman–Crippen MR) is 96.4 cm³/mol. The Morgan fingerprint density at radius 1 is 1.27 bits per heavy atom. The molecule has 1 aromatic rings. The molecule has 7 nitrogen and oxygen atoms in total. The molecule has 0 atom stereocenters. The van der Waals surface area contributed by atoms with Gasteiger partial charge in [0.05, 0.1) is 5.69 Å². The lowest BCUT2D eigenvalue weighted by Gasteiger charge is -2.17. The second-order valence-electron chi connectivity index (χ2n) is 6.56. The van der Waals surface area contributed by atoms with Crippen LogP contribution in [0.2, 0.25) is 0 Å². The lowest BCUT2D eigenvalue weighted by Crippen LogP contribution is -2.28. The fraction of sp³-hybridized carbons (Fsp3) is 0.421. The highest BCUT2D eigenvalue weighted by atomic mass is 16.2. The molecule has 26 heavy (non-hydrogen) atoms. The number of imide groups is 1. The van der Waals surface area contributed by atoms with Gasteiger partial charge in [0.25, 0.3) is 0 Å². The number of hydrogen-bond donors (Lipinski definition) is 1. The maximum atomic E-state index is 12.3. The van der Waals surface area contributed by atoms with E-state index in [2.05, 4.69) is 21.5 Å². The van der Waals surface area contributed by atoms with Crippen LogP contribution in [0.3, 0.4) is 0 Å². The SMILES string of the molecule is C#CCCC1(CCC(=O)Nc2cc(N3C(=O)CCC3=O)ccc2C)N=N1. The van der Waals surface area contributed by atoms with Crippen molar-refractivity contribution in [3.63, 3.8) is 0 Å². The summed E-state index contributed by atoms with van der Waals surface area (Å²) in [7, 11) is 0. The molecule has 134 valence electrons. The number of carbonyl (C=O) groups is 3. The van der Waals surface area contributed by atoms with E-state index in [1.807, 2.05) is 6.92 Å². The van der Waals surface area contributed by atoms with Crippen LogP contribution in [-0.2, 0) is 14.4 Å².